The highest BCUT2D eigenvalue weighted by Gasteiger charge is 2.10. The quantitative estimate of drug-likeness (QED) is 0.440. The van der Waals surface area contributed by atoms with Gasteiger partial charge in [0.25, 0.3) is 5.91 Å². The van der Waals surface area contributed by atoms with E-state index in [4.69, 9.17) is 24.7 Å². The number of rotatable bonds is 8. The zero-order chi connectivity index (χ0) is 17.1. The number of hydrogen-bond acceptors (Lipinski definition) is 6. The molecule has 0 unspecified atom stereocenters. The molecule has 1 amide bonds. The molecular formula is C16H17N3O4. The smallest absolute Gasteiger partial charge is 0.262 e. The van der Waals surface area contributed by atoms with Gasteiger partial charge >= 0.3 is 0 Å². The molecular weight excluding hydrogens is 298 g/mol. The summed E-state index contributed by atoms with van der Waals surface area (Å²) in [6, 6.07) is 8.61. The first-order valence-electron chi connectivity index (χ1n) is 6.73. The molecule has 120 valence electrons. The molecule has 1 N–H and O–H groups in total. The van der Waals surface area contributed by atoms with Crippen molar-refractivity contribution in [3.8, 4) is 23.6 Å². The number of carbonyl (C=O) groups excluding carboxylic acids is 1. The highest BCUT2D eigenvalue weighted by molar-refractivity contribution is 6.01. The Labute approximate surface area is 134 Å². The lowest BCUT2D eigenvalue weighted by Crippen LogP contribution is -2.27. The van der Waals surface area contributed by atoms with Gasteiger partial charge in [0.05, 0.1) is 13.7 Å². The first kappa shape index (κ1) is 18.0. The van der Waals surface area contributed by atoms with Crippen LogP contribution < -0.4 is 14.8 Å². The third-order valence-corrected chi connectivity index (χ3v) is 2.75. The largest absolute Gasteiger partial charge is 0.493 e. The minimum Gasteiger partial charge on any atom is -0.493 e. The predicted molar refractivity (Wildman–Crippen MR) is 82.6 cm³/mol. The standard InChI is InChI=1S/C16H17N3O4/c1-21-8-6-19-16(20)13(11-18)9-12-3-4-14(23-7-5-17)15(10-12)22-2/h3-4,9-10H,6-8H2,1-2H3,(H,19,20)/b13-9+. The van der Waals surface area contributed by atoms with Crippen molar-refractivity contribution < 1.29 is 19.0 Å². The van der Waals surface area contributed by atoms with E-state index in [0.717, 1.165) is 0 Å². The van der Waals surface area contributed by atoms with E-state index in [1.807, 2.05) is 12.1 Å². The molecule has 0 radical (unpaired) electrons. The Balaban J connectivity index is 2.94. The van der Waals surface area contributed by atoms with Gasteiger partial charge in [0.2, 0.25) is 0 Å². The summed E-state index contributed by atoms with van der Waals surface area (Å²) in [4.78, 5) is 11.9. The Morgan fingerprint density at radius 1 is 1.30 bits per heavy atom. The molecule has 7 heteroatoms. The van der Waals surface area contributed by atoms with E-state index in [1.54, 1.807) is 18.2 Å². The summed E-state index contributed by atoms with van der Waals surface area (Å²) in [5, 5.41) is 20.2. The molecule has 0 spiro atoms. The fourth-order valence-corrected chi connectivity index (χ4v) is 1.68. The van der Waals surface area contributed by atoms with E-state index in [0.29, 0.717) is 30.2 Å². The van der Waals surface area contributed by atoms with Crippen molar-refractivity contribution >= 4 is 12.0 Å². The van der Waals surface area contributed by atoms with Crippen LogP contribution >= 0.6 is 0 Å². The lowest BCUT2D eigenvalue weighted by molar-refractivity contribution is -0.117. The summed E-state index contributed by atoms with van der Waals surface area (Å²) in [7, 11) is 2.99. The maximum Gasteiger partial charge on any atom is 0.262 e. The Kier molecular flexibility index (Phi) is 7.70. The van der Waals surface area contributed by atoms with Crippen molar-refractivity contribution in [2.45, 2.75) is 0 Å². The normalized spacial score (nSPS) is 10.3. The maximum absolute atomic E-state index is 11.9. The van der Waals surface area contributed by atoms with Crippen LogP contribution in [0.3, 0.4) is 0 Å². The van der Waals surface area contributed by atoms with Gasteiger partial charge in [-0.05, 0) is 23.8 Å². The third kappa shape index (κ3) is 5.70. The molecule has 1 aromatic carbocycles. The van der Waals surface area contributed by atoms with Crippen LogP contribution in [0.4, 0.5) is 0 Å². The number of nitrogens with zero attached hydrogens (tertiary/aromatic N) is 2. The van der Waals surface area contributed by atoms with Gasteiger partial charge in [0.1, 0.15) is 17.7 Å². The van der Waals surface area contributed by atoms with E-state index < -0.39 is 5.91 Å². The molecule has 0 aliphatic heterocycles. The molecule has 0 aliphatic rings. The van der Waals surface area contributed by atoms with E-state index in [-0.39, 0.29) is 12.2 Å². The summed E-state index contributed by atoms with van der Waals surface area (Å²) in [5.41, 5.74) is 0.568. The first-order chi connectivity index (χ1) is 11.2. The van der Waals surface area contributed by atoms with Gasteiger partial charge in [-0.1, -0.05) is 6.07 Å². The molecule has 1 aromatic rings. The average Bonchev–Trinajstić information content (AvgIpc) is 2.58. The lowest BCUT2D eigenvalue weighted by atomic mass is 10.1. The van der Waals surface area contributed by atoms with E-state index in [2.05, 4.69) is 5.32 Å². The second-order valence-electron chi connectivity index (χ2n) is 4.28. The third-order valence-electron chi connectivity index (χ3n) is 2.75. The molecule has 0 atom stereocenters. The lowest BCUT2D eigenvalue weighted by Gasteiger charge is -2.09. The Morgan fingerprint density at radius 2 is 2.09 bits per heavy atom. The molecule has 7 nitrogen and oxygen atoms in total. The fourth-order valence-electron chi connectivity index (χ4n) is 1.68. The zero-order valence-electron chi connectivity index (χ0n) is 13.0. The summed E-state index contributed by atoms with van der Waals surface area (Å²) < 4.78 is 15.2. The van der Waals surface area contributed by atoms with Crippen LogP contribution in [0, 0.1) is 22.7 Å². The van der Waals surface area contributed by atoms with Crippen molar-refractivity contribution in [3.05, 3.63) is 29.3 Å². The van der Waals surface area contributed by atoms with Gasteiger partial charge in [-0.15, -0.1) is 0 Å². The minimum absolute atomic E-state index is 0.0335. The van der Waals surface area contributed by atoms with Crippen LogP contribution in [0.1, 0.15) is 5.56 Å². The minimum atomic E-state index is -0.478. The number of benzene rings is 1. The van der Waals surface area contributed by atoms with Gasteiger partial charge in [0.15, 0.2) is 18.1 Å². The number of hydrogen-bond donors (Lipinski definition) is 1. The Bertz CT molecular complexity index is 656. The number of methoxy groups -OCH3 is 2. The van der Waals surface area contributed by atoms with Crippen LogP contribution in [0.15, 0.2) is 23.8 Å². The van der Waals surface area contributed by atoms with Crippen LogP contribution in [0.5, 0.6) is 11.5 Å². The molecule has 0 bridgehead atoms. The van der Waals surface area contributed by atoms with E-state index >= 15 is 0 Å². The number of ether oxygens (including phenoxy) is 3. The molecule has 0 saturated carbocycles. The summed E-state index contributed by atoms with van der Waals surface area (Å²) in [5.74, 6) is 0.341. The number of carbonyl (C=O) groups is 1. The summed E-state index contributed by atoms with van der Waals surface area (Å²) in [6.45, 7) is 0.582. The highest BCUT2D eigenvalue weighted by atomic mass is 16.5. The Hall–Kier alpha value is -3.03. The van der Waals surface area contributed by atoms with Crippen LogP contribution in [0.2, 0.25) is 0 Å². The summed E-state index contributed by atoms with van der Waals surface area (Å²) >= 11 is 0. The number of nitriles is 2. The number of amides is 1. The topological polar surface area (TPSA) is 104 Å². The van der Waals surface area contributed by atoms with Crippen LogP contribution in [-0.4, -0.2) is 39.9 Å². The van der Waals surface area contributed by atoms with Crippen molar-refractivity contribution in [1.29, 1.82) is 10.5 Å². The van der Waals surface area contributed by atoms with Crippen molar-refractivity contribution in [1.82, 2.24) is 5.32 Å². The zero-order valence-corrected chi connectivity index (χ0v) is 13.0. The highest BCUT2D eigenvalue weighted by Crippen LogP contribution is 2.28. The SMILES string of the molecule is COCCNC(=O)/C(C#N)=C/c1ccc(OCC#N)c(OC)c1. The van der Waals surface area contributed by atoms with Gasteiger partial charge in [-0.2, -0.15) is 10.5 Å². The number of nitrogens with one attached hydrogen (secondary N) is 1. The van der Waals surface area contributed by atoms with E-state index in [1.165, 1.54) is 20.3 Å². The van der Waals surface area contributed by atoms with Crippen LogP contribution in [-0.2, 0) is 9.53 Å². The Morgan fingerprint density at radius 3 is 2.70 bits per heavy atom. The van der Waals surface area contributed by atoms with Crippen LogP contribution in [0.25, 0.3) is 6.08 Å². The molecule has 0 heterocycles. The molecule has 0 aliphatic carbocycles. The first-order valence-corrected chi connectivity index (χ1v) is 6.73. The molecule has 1 rings (SSSR count). The second-order valence-corrected chi connectivity index (χ2v) is 4.28. The molecule has 0 saturated heterocycles. The van der Waals surface area contributed by atoms with Gasteiger partial charge < -0.3 is 19.5 Å². The van der Waals surface area contributed by atoms with Gasteiger partial charge in [-0.3, -0.25) is 4.79 Å². The van der Waals surface area contributed by atoms with Gasteiger partial charge in [-0.25, -0.2) is 0 Å². The maximum atomic E-state index is 11.9. The molecule has 0 aromatic heterocycles. The van der Waals surface area contributed by atoms with E-state index in [9.17, 15) is 4.79 Å². The summed E-state index contributed by atoms with van der Waals surface area (Å²) in [6.07, 6.45) is 1.44. The van der Waals surface area contributed by atoms with Crippen molar-refractivity contribution in [2.24, 2.45) is 0 Å². The average molecular weight is 315 g/mol. The second kappa shape index (κ2) is 9.82. The van der Waals surface area contributed by atoms with Crippen molar-refractivity contribution in [3.63, 3.8) is 0 Å². The molecule has 0 fully saturated rings. The fraction of sp³-hybridized carbons (Fsp3) is 0.312. The predicted octanol–water partition coefficient (Wildman–Crippen LogP) is 1.27. The molecule has 23 heavy (non-hydrogen) atoms. The monoisotopic (exact) mass is 315 g/mol. The van der Waals surface area contributed by atoms with Crippen molar-refractivity contribution in [2.75, 3.05) is 34.0 Å². The van der Waals surface area contributed by atoms with Gasteiger partial charge in [0, 0.05) is 13.7 Å².